The van der Waals surface area contributed by atoms with Gasteiger partial charge in [-0.05, 0) is 61.0 Å². The van der Waals surface area contributed by atoms with Crippen molar-refractivity contribution in [1.29, 1.82) is 0 Å². The lowest BCUT2D eigenvalue weighted by Gasteiger charge is -2.21. The number of imidazole rings is 1. The quantitative estimate of drug-likeness (QED) is 0.397. The molecule has 0 radical (unpaired) electrons. The molecule has 35 heavy (non-hydrogen) atoms. The molecule has 0 fully saturated rings. The standard InChI is InChI=1S/C26H26N4O4S/c1-19-27-16-17-30(19)18-20-8-12-22(13-9-20)28-26(31)21-10-14-23(15-11-21)35(32,33)29(2)24-6-4-5-7-25(24)34-3/h4-17H,18H2,1-3H3,(H,28,31). The first-order valence-electron chi connectivity index (χ1n) is 10.9. The Bertz CT molecular complexity index is 1430. The van der Waals surface area contributed by atoms with E-state index in [2.05, 4.69) is 10.3 Å². The number of aromatic nitrogens is 2. The van der Waals surface area contributed by atoms with Crippen molar-refractivity contribution in [2.45, 2.75) is 18.4 Å². The van der Waals surface area contributed by atoms with Gasteiger partial charge in [0.15, 0.2) is 0 Å². The summed E-state index contributed by atoms with van der Waals surface area (Å²) in [6.45, 7) is 2.64. The number of hydrogen-bond acceptors (Lipinski definition) is 5. The summed E-state index contributed by atoms with van der Waals surface area (Å²) in [5.41, 5.74) is 2.50. The van der Waals surface area contributed by atoms with Crippen molar-refractivity contribution in [2.24, 2.45) is 0 Å². The lowest BCUT2D eigenvalue weighted by molar-refractivity contribution is 0.102. The van der Waals surface area contributed by atoms with Gasteiger partial charge in [0.05, 0.1) is 17.7 Å². The van der Waals surface area contributed by atoms with Crippen LogP contribution in [0.5, 0.6) is 5.75 Å². The summed E-state index contributed by atoms with van der Waals surface area (Å²) in [6, 6.07) is 20.3. The number of carbonyl (C=O) groups excluding carboxylic acids is 1. The van der Waals surface area contributed by atoms with Gasteiger partial charge >= 0.3 is 0 Å². The number of para-hydroxylation sites is 2. The van der Waals surface area contributed by atoms with Crippen LogP contribution >= 0.6 is 0 Å². The summed E-state index contributed by atoms with van der Waals surface area (Å²) in [7, 11) is -0.889. The molecular formula is C26H26N4O4S. The van der Waals surface area contributed by atoms with E-state index >= 15 is 0 Å². The number of nitrogens with zero attached hydrogens (tertiary/aromatic N) is 3. The molecule has 0 atom stereocenters. The van der Waals surface area contributed by atoms with Gasteiger partial charge in [0, 0.05) is 37.2 Å². The Hall–Kier alpha value is -4.11. The van der Waals surface area contributed by atoms with Gasteiger partial charge < -0.3 is 14.6 Å². The number of amides is 1. The highest BCUT2D eigenvalue weighted by atomic mass is 32.2. The molecule has 3 aromatic carbocycles. The third-order valence-electron chi connectivity index (χ3n) is 5.69. The first kappa shape index (κ1) is 24.0. The van der Waals surface area contributed by atoms with Crippen LogP contribution in [-0.2, 0) is 16.6 Å². The SMILES string of the molecule is COc1ccccc1N(C)S(=O)(=O)c1ccc(C(=O)Nc2ccc(Cn3ccnc3C)cc2)cc1. The van der Waals surface area contributed by atoms with Crippen LogP contribution in [0.2, 0.25) is 0 Å². The van der Waals surface area contributed by atoms with Crippen LogP contribution in [0.25, 0.3) is 0 Å². The van der Waals surface area contributed by atoms with E-state index in [1.54, 1.807) is 30.5 Å². The molecule has 0 bridgehead atoms. The highest BCUT2D eigenvalue weighted by Gasteiger charge is 2.24. The summed E-state index contributed by atoms with van der Waals surface area (Å²) in [5, 5.41) is 2.84. The number of aryl methyl sites for hydroxylation is 1. The number of nitrogens with one attached hydrogen (secondary N) is 1. The van der Waals surface area contributed by atoms with E-state index in [4.69, 9.17) is 4.74 Å². The predicted octanol–water partition coefficient (Wildman–Crippen LogP) is 4.33. The van der Waals surface area contributed by atoms with Crippen molar-refractivity contribution in [3.63, 3.8) is 0 Å². The summed E-state index contributed by atoms with van der Waals surface area (Å²) in [6.07, 6.45) is 3.68. The number of anilines is 2. The van der Waals surface area contributed by atoms with E-state index in [0.717, 1.165) is 15.7 Å². The lowest BCUT2D eigenvalue weighted by Crippen LogP contribution is -2.27. The zero-order valence-corrected chi connectivity index (χ0v) is 20.5. The molecule has 1 amide bonds. The average Bonchev–Trinajstić information content (AvgIpc) is 3.28. The van der Waals surface area contributed by atoms with Gasteiger partial charge in [-0.15, -0.1) is 0 Å². The topological polar surface area (TPSA) is 93.5 Å². The summed E-state index contributed by atoms with van der Waals surface area (Å²) < 4.78 is 34.7. The average molecular weight is 491 g/mol. The molecule has 0 unspecified atom stereocenters. The van der Waals surface area contributed by atoms with Crippen LogP contribution in [0.1, 0.15) is 21.7 Å². The molecule has 0 aliphatic carbocycles. The van der Waals surface area contributed by atoms with Crippen LogP contribution in [0.3, 0.4) is 0 Å². The largest absolute Gasteiger partial charge is 0.495 e. The van der Waals surface area contributed by atoms with Gasteiger partial charge in [0.25, 0.3) is 15.9 Å². The molecule has 4 rings (SSSR count). The van der Waals surface area contributed by atoms with Crippen LogP contribution in [-0.4, -0.2) is 38.0 Å². The molecule has 8 nitrogen and oxygen atoms in total. The first-order chi connectivity index (χ1) is 16.8. The van der Waals surface area contributed by atoms with E-state index in [0.29, 0.717) is 29.2 Å². The highest BCUT2D eigenvalue weighted by Crippen LogP contribution is 2.30. The van der Waals surface area contributed by atoms with Gasteiger partial charge in [-0.1, -0.05) is 24.3 Å². The van der Waals surface area contributed by atoms with Gasteiger partial charge in [-0.25, -0.2) is 13.4 Å². The molecule has 0 saturated carbocycles. The first-order valence-corrected chi connectivity index (χ1v) is 12.3. The van der Waals surface area contributed by atoms with Crippen molar-refractivity contribution in [2.75, 3.05) is 23.8 Å². The normalized spacial score (nSPS) is 11.2. The van der Waals surface area contributed by atoms with Crippen LogP contribution < -0.4 is 14.4 Å². The molecule has 1 heterocycles. The molecule has 1 aromatic heterocycles. The number of methoxy groups -OCH3 is 1. The molecule has 0 spiro atoms. The highest BCUT2D eigenvalue weighted by molar-refractivity contribution is 7.92. The molecule has 4 aromatic rings. The zero-order chi connectivity index (χ0) is 25.0. The van der Waals surface area contributed by atoms with Crippen LogP contribution in [0, 0.1) is 6.92 Å². The second-order valence-corrected chi connectivity index (χ2v) is 9.89. The number of rotatable bonds is 8. The number of carbonyl (C=O) groups is 1. The molecule has 0 aliphatic heterocycles. The minimum absolute atomic E-state index is 0.0709. The fourth-order valence-electron chi connectivity index (χ4n) is 3.62. The summed E-state index contributed by atoms with van der Waals surface area (Å²) in [4.78, 5) is 17.0. The van der Waals surface area contributed by atoms with E-state index in [9.17, 15) is 13.2 Å². The van der Waals surface area contributed by atoms with Gasteiger partial charge in [0.1, 0.15) is 11.6 Å². The predicted molar refractivity (Wildman–Crippen MR) is 135 cm³/mol. The Morgan fingerprint density at radius 3 is 2.34 bits per heavy atom. The van der Waals surface area contributed by atoms with Crippen molar-refractivity contribution in [1.82, 2.24) is 9.55 Å². The second kappa shape index (κ2) is 10.0. The van der Waals surface area contributed by atoms with Crippen molar-refractivity contribution in [3.8, 4) is 5.75 Å². The smallest absolute Gasteiger partial charge is 0.264 e. The lowest BCUT2D eigenvalue weighted by atomic mass is 10.2. The molecule has 9 heteroatoms. The third-order valence-corrected chi connectivity index (χ3v) is 7.47. The van der Waals surface area contributed by atoms with Crippen LogP contribution in [0.4, 0.5) is 11.4 Å². The maximum absolute atomic E-state index is 13.1. The van der Waals surface area contributed by atoms with E-state index < -0.39 is 10.0 Å². The Kier molecular flexibility index (Phi) is 6.88. The fraction of sp³-hybridized carbons (Fsp3) is 0.154. The minimum Gasteiger partial charge on any atom is -0.495 e. The number of hydrogen-bond donors (Lipinski definition) is 1. The third kappa shape index (κ3) is 5.20. The minimum atomic E-state index is -3.84. The van der Waals surface area contributed by atoms with E-state index in [1.807, 2.05) is 42.0 Å². The zero-order valence-electron chi connectivity index (χ0n) is 19.7. The second-order valence-electron chi connectivity index (χ2n) is 7.92. The van der Waals surface area contributed by atoms with Gasteiger partial charge in [0.2, 0.25) is 0 Å². The fourth-order valence-corrected chi connectivity index (χ4v) is 4.83. The number of sulfonamides is 1. The molecule has 0 aliphatic rings. The Morgan fingerprint density at radius 1 is 1.03 bits per heavy atom. The van der Waals surface area contributed by atoms with Gasteiger partial charge in [-0.2, -0.15) is 0 Å². The molecular weight excluding hydrogens is 464 g/mol. The van der Waals surface area contributed by atoms with Crippen molar-refractivity contribution >= 4 is 27.3 Å². The Balaban J connectivity index is 1.44. The monoisotopic (exact) mass is 490 g/mol. The van der Waals surface area contributed by atoms with Crippen LogP contribution in [0.15, 0.2) is 90.1 Å². The maximum Gasteiger partial charge on any atom is 0.264 e. The maximum atomic E-state index is 13.1. The number of benzene rings is 3. The Labute approximate surface area is 204 Å². The molecule has 180 valence electrons. The molecule has 0 saturated heterocycles. The van der Waals surface area contributed by atoms with Crippen molar-refractivity contribution in [3.05, 3.63) is 102 Å². The Morgan fingerprint density at radius 2 is 1.71 bits per heavy atom. The van der Waals surface area contributed by atoms with Crippen molar-refractivity contribution < 1.29 is 17.9 Å². The summed E-state index contributed by atoms with van der Waals surface area (Å²) in [5.74, 6) is 1.05. The van der Waals surface area contributed by atoms with E-state index in [1.165, 1.54) is 38.4 Å². The number of ether oxygens (including phenoxy) is 1. The van der Waals surface area contributed by atoms with E-state index in [-0.39, 0.29) is 10.8 Å². The molecule has 1 N–H and O–H groups in total. The summed E-state index contributed by atoms with van der Waals surface area (Å²) >= 11 is 0. The van der Waals surface area contributed by atoms with Gasteiger partial charge in [-0.3, -0.25) is 9.10 Å².